The van der Waals surface area contributed by atoms with Gasteiger partial charge in [0.15, 0.2) is 0 Å². The quantitative estimate of drug-likeness (QED) is 0.409. The molecule has 0 bridgehead atoms. The van der Waals surface area contributed by atoms with Gasteiger partial charge in [-0.1, -0.05) is 76.8 Å². The molecule has 0 aromatic carbocycles. The monoisotopic (exact) mass is 230 g/mol. The minimum atomic E-state index is -0.257. The molecular formula is C12H30Si2. The van der Waals surface area contributed by atoms with E-state index in [1.165, 1.54) is 24.2 Å². The van der Waals surface area contributed by atoms with Crippen molar-refractivity contribution in [3.63, 3.8) is 0 Å². The van der Waals surface area contributed by atoms with Gasteiger partial charge in [-0.15, -0.1) is 0 Å². The zero-order valence-electron chi connectivity index (χ0n) is 10.8. The highest BCUT2D eigenvalue weighted by atomic mass is 28.3. The fourth-order valence-corrected chi connectivity index (χ4v) is 6.78. The molecule has 0 fully saturated rings. The first kappa shape index (κ1) is 14.4. The van der Waals surface area contributed by atoms with Crippen LogP contribution in [-0.4, -0.2) is 17.6 Å². The molecule has 0 aliphatic carbocycles. The van der Waals surface area contributed by atoms with Gasteiger partial charge in [0, 0.05) is 17.6 Å². The van der Waals surface area contributed by atoms with Crippen molar-refractivity contribution in [2.45, 2.75) is 76.8 Å². The van der Waals surface area contributed by atoms with Crippen LogP contribution in [0.1, 0.15) is 40.5 Å². The van der Waals surface area contributed by atoms with Crippen LogP contribution in [-0.2, 0) is 0 Å². The van der Waals surface area contributed by atoms with Crippen molar-refractivity contribution >= 4 is 17.6 Å². The van der Waals surface area contributed by atoms with Crippen LogP contribution in [0.4, 0.5) is 0 Å². The van der Waals surface area contributed by atoms with E-state index in [2.05, 4.69) is 27.7 Å². The van der Waals surface area contributed by atoms with E-state index in [0.29, 0.717) is 0 Å². The SMILES string of the molecule is CC[SiH](CC)CCCC[SiH](CC)CC. The van der Waals surface area contributed by atoms with Gasteiger partial charge in [-0.05, 0) is 0 Å². The summed E-state index contributed by atoms with van der Waals surface area (Å²) in [6.07, 6.45) is 3.12. The number of hydrogen-bond donors (Lipinski definition) is 0. The van der Waals surface area contributed by atoms with Crippen molar-refractivity contribution in [2.75, 3.05) is 0 Å². The van der Waals surface area contributed by atoms with Gasteiger partial charge in [-0.3, -0.25) is 0 Å². The van der Waals surface area contributed by atoms with Crippen LogP contribution in [0.15, 0.2) is 0 Å². The molecule has 0 saturated carbocycles. The summed E-state index contributed by atoms with van der Waals surface area (Å²) in [4.78, 5) is 0. The molecule has 0 spiro atoms. The summed E-state index contributed by atoms with van der Waals surface area (Å²) < 4.78 is 0. The van der Waals surface area contributed by atoms with Gasteiger partial charge >= 0.3 is 0 Å². The van der Waals surface area contributed by atoms with Crippen LogP contribution in [0, 0.1) is 0 Å². The Kier molecular flexibility index (Phi) is 10.3. The predicted octanol–water partition coefficient (Wildman–Crippen LogP) is 4.30. The summed E-state index contributed by atoms with van der Waals surface area (Å²) in [6.45, 7) is 9.60. The summed E-state index contributed by atoms with van der Waals surface area (Å²) in [5.74, 6) is 0. The lowest BCUT2D eigenvalue weighted by atomic mass is 10.4. The molecule has 0 N–H and O–H groups in total. The Bertz CT molecular complexity index is 92.9. The summed E-state index contributed by atoms with van der Waals surface area (Å²) in [6, 6.07) is 9.36. The zero-order valence-corrected chi connectivity index (χ0v) is 13.1. The van der Waals surface area contributed by atoms with Crippen LogP contribution in [0.3, 0.4) is 0 Å². The molecule has 0 rings (SSSR count). The minimum Gasteiger partial charge on any atom is -0.0680 e. The van der Waals surface area contributed by atoms with E-state index in [4.69, 9.17) is 0 Å². The third kappa shape index (κ3) is 6.82. The summed E-state index contributed by atoms with van der Waals surface area (Å²) >= 11 is 0. The van der Waals surface area contributed by atoms with Crippen molar-refractivity contribution in [3.05, 3.63) is 0 Å². The molecule has 2 heteroatoms. The molecule has 14 heavy (non-hydrogen) atoms. The molecular weight excluding hydrogens is 200 g/mol. The van der Waals surface area contributed by atoms with Crippen LogP contribution >= 0.6 is 0 Å². The van der Waals surface area contributed by atoms with E-state index in [1.54, 1.807) is 24.9 Å². The van der Waals surface area contributed by atoms with Crippen LogP contribution in [0.2, 0.25) is 36.3 Å². The maximum Gasteiger partial charge on any atom is 0.0362 e. The number of rotatable bonds is 9. The topological polar surface area (TPSA) is 0 Å². The Morgan fingerprint density at radius 3 is 1.07 bits per heavy atom. The maximum atomic E-state index is 2.40. The van der Waals surface area contributed by atoms with E-state index < -0.39 is 0 Å². The first-order valence-electron chi connectivity index (χ1n) is 6.78. The number of hydrogen-bond acceptors (Lipinski definition) is 0. The third-order valence-corrected chi connectivity index (χ3v) is 10.9. The fourth-order valence-electron chi connectivity index (χ4n) is 2.26. The first-order valence-corrected chi connectivity index (χ1v) is 11.7. The highest BCUT2D eigenvalue weighted by Gasteiger charge is 2.07. The molecule has 0 aliphatic rings. The second-order valence-corrected chi connectivity index (χ2v) is 12.5. The molecule has 0 aromatic heterocycles. The lowest BCUT2D eigenvalue weighted by Crippen LogP contribution is -2.10. The van der Waals surface area contributed by atoms with E-state index >= 15 is 0 Å². The van der Waals surface area contributed by atoms with Crippen molar-refractivity contribution in [2.24, 2.45) is 0 Å². The fraction of sp³-hybridized carbons (Fsp3) is 1.00. The molecule has 0 saturated heterocycles. The van der Waals surface area contributed by atoms with Gasteiger partial charge in [0.05, 0.1) is 0 Å². The molecule has 0 heterocycles. The number of unbranched alkanes of at least 4 members (excludes halogenated alkanes) is 1. The van der Waals surface area contributed by atoms with E-state index in [9.17, 15) is 0 Å². The summed E-state index contributed by atoms with van der Waals surface area (Å²) in [5, 5.41) is 0. The molecule has 86 valence electrons. The largest absolute Gasteiger partial charge is 0.0680 e. The van der Waals surface area contributed by atoms with Crippen molar-refractivity contribution in [1.29, 1.82) is 0 Å². The van der Waals surface area contributed by atoms with Crippen molar-refractivity contribution in [1.82, 2.24) is 0 Å². The molecule has 0 aromatic rings. The van der Waals surface area contributed by atoms with Gasteiger partial charge in [0.2, 0.25) is 0 Å². The third-order valence-electron chi connectivity index (χ3n) is 3.78. The Balaban J connectivity index is 3.35. The van der Waals surface area contributed by atoms with Crippen LogP contribution < -0.4 is 0 Å². The lowest BCUT2D eigenvalue weighted by Gasteiger charge is -2.12. The average Bonchev–Trinajstić information content (AvgIpc) is 2.24. The van der Waals surface area contributed by atoms with Crippen molar-refractivity contribution < 1.29 is 0 Å². The summed E-state index contributed by atoms with van der Waals surface area (Å²) in [5.41, 5.74) is 0. The predicted molar refractivity (Wildman–Crippen MR) is 75.1 cm³/mol. The van der Waals surface area contributed by atoms with Gasteiger partial charge in [0.1, 0.15) is 0 Å². The first-order chi connectivity index (χ1) is 6.78. The molecule has 0 unspecified atom stereocenters. The second-order valence-electron chi connectivity index (χ2n) is 4.65. The Morgan fingerprint density at radius 2 is 0.857 bits per heavy atom. The maximum absolute atomic E-state index is 2.40. The Hall–Kier alpha value is 0.434. The van der Waals surface area contributed by atoms with Gasteiger partial charge < -0.3 is 0 Å². The van der Waals surface area contributed by atoms with Crippen LogP contribution in [0.5, 0.6) is 0 Å². The lowest BCUT2D eigenvalue weighted by molar-refractivity contribution is 0.853. The van der Waals surface area contributed by atoms with Gasteiger partial charge in [-0.2, -0.15) is 0 Å². The van der Waals surface area contributed by atoms with Crippen molar-refractivity contribution in [3.8, 4) is 0 Å². The van der Waals surface area contributed by atoms with Gasteiger partial charge in [-0.25, -0.2) is 0 Å². The van der Waals surface area contributed by atoms with E-state index in [-0.39, 0.29) is 17.6 Å². The van der Waals surface area contributed by atoms with Gasteiger partial charge in [0.25, 0.3) is 0 Å². The Morgan fingerprint density at radius 1 is 0.571 bits per heavy atom. The second kappa shape index (κ2) is 9.97. The van der Waals surface area contributed by atoms with Crippen LogP contribution in [0.25, 0.3) is 0 Å². The highest BCUT2D eigenvalue weighted by Crippen LogP contribution is 2.14. The molecule has 0 aliphatic heterocycles. The minimum absolute atomic E-state index is 0.257. The molecule has 0 radical (unpaired) electrons. The van der Waals surface area contributed by atoms with E-state index in [1.807, 2.05) is 0 Å². The Labute approximate surface area is 94.7 Å². The van der Waals surface area contributed by atoms with E-state index in [0.717, 1.165) is 0 Å². The summed E-state index contributed by atoms with van der Waals surface area (Å²) in [7, 11) is -0.515. The zero-order chi connectivity index (χ0) is 10.8. The molecule has 0 amide bonds. The standard InChI is InChI=1S/C12H30Si2/c1-5-13(6-2)11-9-10-12-14(7-3)8-4/h13-14H,5-12H2,1-4H3. The average molecular weight is 231 g/mol. The smallest absolute Gasteiger partial charge is 0.0362 e. The molecule has 0 atom stereocenters. The normalized spacial score (nSPS) is 11.6. The highest BCUT2D eigenvalue weighted by molar-refractivity contribution is 6.59. The molecule has 0 nitrogen and oxygen atoms in total.